The summed E-state index contributed by atoms with van der Waals surface area (Å²) in [7, 11) is 0. The molecule has 0 aliphatic heterocycles. The van der Waals surface area contributed by atoms with Crippen LogP contribution in [0.25, 0.3) is 0 Å². The highest BCUT2D eigenvalue weighted by Crippen LogP contribution is 2.45. The minimum absolute atomic E-state index is 0.259. The first-order chi connectivity index (χ1) is 6.70. The lowest BCUT2D eigenvalue weighted by Gasteiger charge is -2.44. The van der Waals surface area contributed by atoms with Gasteiger partial charge in [-0.15, -0.1) is 0 Å². The van der Waals surface area contributed by atoms with Crippen molar-refractivity contribution in [2.24, 2.45) is 23.5 Å². The van der Waals surface area contributed by atoms with Gasteiger partial charge in [0.05, 0.1) is 0 Å². The highest BCUT2D eigenvalue weighted by Gasteiger charge is 2.41. The standard InChI is InChI=1S/C11H19NO2/c12-10(11(13)14)9(7-3-1-4-7)8-5-2-6-8/h7-10H,1-6,12H2,(H,13,14)/t10-/m1/s1. The summed E-state index contributed by atoms with van der Waals surface area (Å²) in [6.45, 7) is 0. The van der Waals surface area contributed by atoms with Gasteiger partial charge in [0.2, 0.25) is 0 Å². The molecule has 3 N–H and O–H groups in total. The van der Waals surface area contributed by atoms with Crippen molar-refractivity contribution in [3.8, 4) is 0 Å². The molecule has 80 valence electrons. The van der Waals surface area contributed by atoms with Gasteiger partial charge >= 0.3 is 5.97 Å². The maximum absolute atomic E-state index is 10.9. The largest absolute Gasteiger partial charge is 0.480 e. The Morgan fingerprint density at radius 3 is 1.79 bits per heavy atom. The van der Waals surface area contributed by atoms with Crippen molar-refractivity contribution in [1.82, 2.24) is 0 Å². The van der Waals surface area contributed by atoms with Crippen molar-refractivity contribution in [3.63, 3.8) is 0 Å². The first kappa shape index (κ1) is 9.97. The van der Waals surface area contributed by atoms with E-state index in [1.807, 2.05) is 0 Å². The summed E-state index contributed by atoms with van der Waals surface area (Å²) in [5.74, 6) is 0.654. The lowest BCUT2D eigenvalue weighted by Crippen LogP contribution is -2.48. The van der Waals surface area contributed by atoms with E-state index >= 15 is 0 Å². The van der Waals surface area contributed by atoms with E-state index in [-0.39, 0.29) is 5.92 Å². The van der Waals surface area contributed by atoms with Crippen LogP contribution in [0.2, 0.25) is 0 Å². The molecular weight excluding hydrogens is 178 g/mol. The molecule has 2 fully saturated rings. The molecule has 0 radical (unpaired) electrons. The van der Waals surface area contributed by atoms with Crippen molar-refractivity contribution in [1.29, 1.82) is 0 Å². The van der Waals surface area contributed by atoms with E-state index in [1.165, 1.54) is 38.5 Å². The molecule has 1 atom stereocenters. The lowest BCUT2D eigenvalue weighted by atomic mass is 9.62. The average Bonchev–Trinajstić information content (AvgIpc) is 1.94. The van der Waals surface area contributed by atoms with E-state index in [1.54, 1.807) is 0 Å². The molecule has 2 aliphatic carbocycles. The van der Waals surface area contributed by atoms with Crippen molar-refractivity contribution in [3.05, 3.63) is 0 Å². The van der Waals surface area contributed by atoms with E-state index in [2.05, 4.69) is 0 Å². The molecule has 14 heavy (non-hydrogen) atoms. The minimum atomic E-state index is -0.811. The second-order valence-corrected chi connectivity index (χ2v) is 4.82. The van der Waals surface area contributed by atoms with Crippen molar-refractivity contribution in [2.45, 2.75) is 44.6 Å². The number of hydrogen-bond acceptors (Lipinski definition) is 2. The smallest absolute Gasteiger partial charge is 0.320 e. The molecule has 0 aromatic heterocycles. The Kier molecular flexibility index (Phi) is 2.77. The highest BCUT2D eigenvalue weighted by atomic mass is 16.4. The number of carbonyl (C=O) groups is 1. The first-order valence-electron chi connectivity index (χ1n) is 5.68. The van der Waals surface area contributed by atoms with Crippen LogP contribution >= 0.6 is 0 Å². The maximum Gasteiger partial charge on any atom is 0.320 e. The van der Waals surface area contributed by atoms with Crippen molar-refractivity contribution < 1.29 is 9.90 Å². The number of rotatable bonds is 4. The minimum Gasteiger partial charge on any atom is -0.480 e. The Hall–Kier alpha value is -0.570. The fourth-order valence-electron chi connectivity index (χ4n) is 2.79. The number of nitrogens with two attached hydrogens (primary N) is 1. The monoisotopic (exact) mass is 197 g/mol. The van der Waals surface area contributed by atoms with Gasteiger partial charge in [0, 0.05) is 0 Å². The molecule has 0 unspecified atom stereocenters. The zero-order valence-corrected chi connectivity index (χ0v) is 8.48. The Labute approximate surface area is 84.7 Å². The molecule has 0 aromatic carbocycles. The molecule has 3 heteroatoms. The van der Waals surface area contributed by atoms with Gasteiger partial charge in [-0.3, -0.25) is 4.79 Å². The quantitative estimate of drug-likeness (QED) is 0.719. The van der Waals surface area contributed by atoms with Crippen LogP contribution in [0.5, 0.6) is 0 Å². The zero-order chi connectivity index (χ0) is 10.1. The van der Waals surface area contributed by atoms with E-state index in [4.69, 9.17) is 10.8 Å². The second kappa shape index (κ2) is 3.89. The summed E-state index contributed by atoms with van der Waals surface area (Å²) in [6.07, 6.45) is 7.31. The van der Waals surface area contributed by atoms with Crippen LogP contribution in [0.3, 0.4) is 0 Å². The number of carboxylic acid groups (broad SMARTS) is 1. The molecule has 2 saturated carbocycles. The Morgan fingerprint density at radius 2 is 1.57 bits per heavy atom. The number of aliphatic carboxylic acids is 1. The molecule has 2 aliphatic rings. The van der Waals surface area contributed by atoms with E-state index < -0.39 is 12.0 Å². The molecule has 3 nitrogen and oxygen atoms in total. The van der Waals surface area contributed by atoms with Crippen LogP contribution in [0, 0.1) is 17.8 Å². The van der Waals surface area contributed by atoms with Crippen LogP contribution in [-0.4, -0.2) is 17.1 Å². The van der Waals surface area contributed by atoms with E-state index in [0.717, 1.165) is 0 Å². The zero-order valence-electron chi connectivity index (χ0n) is 8.48. The van der Waals surface area contributed by atoms with Crippen molar-refractivity contribution >= 4 is 5.97 Å². The summed E-state index contributed by atoms with van der Waals surface area (Å²) in [5, 5.41) is 8.96. The summed E-state index contributed by atoms with van der Waals surface area (Å²) in [4.78, 5) is 10.9. The van der Waals surface area contributed by atoms with Crippen molar-refractivity contribution in [2.75, 3.05) is 0 Å². The van der Waals surface area contributed by atoms with Gasteiger partial charge in [-0.25, -0.2) is 0 Å². The third-order valence-electron chi connectivity index (χ3n) is 4.09. The van der Waals surface area contributed by atoms with Gasteiger partial charge in [-0.1, -0.05) is 38.5 Å². The molecule has 0 amide bonds. The summed E-state index contributed by atoms with van der Waals surface area (Å²) >= 11 is 0. The fraction of sp³-hybridized carbons (Fsp3) is 0.909. The summed E-state index contributed by atoms with van der Waals surface area (Å²) < 4.78 is 0. The molecule has 0 heterocycles. The molecule has 2 rings (SSSR count). The first-order valence-corrected chi connectivity index (χ1v) is 5.68. The van der Waals surface area contributed by atoms with Crippen LogP contribution < -0.4 is 5.73 Å². The summed E-state index contributed by atoms with van der Waals surface area (Å²) in [5.41, 5.74) is 5.78. The van der Waals surface area contributed by atoms with Gasteiger partial charge in [0.25, 0.3) is 0 Å². The van der Waals surface area contributed by atoms with Gasteiger partial charge < -0.3 is 10.8 Å². The predicted molar refractivity (Wildman–Crippen MR) is 53.8 cm³/mol. The molecular formula is C11H19NO2. The predicted octanol–water partition coefficient (Wildman–Crippen LogP) is 1.61. The van der Waals surface area contributed by atoms with Crippen LogP contribution in [0.4, 0.5) is 0 Å². The average molecular weight is 197 g/mol. The Balaban J connectivity index is 2.00. The SMILES string of the molecule is N[C@@H](C(=O)O)C(C1CCC1)C1CCC1. The third-order valence-corrected chi connectivity index (χ3v) is 4.09. The van der Waals surface area contributed by atoms with Crippen LogP contribution in [0.1, 0.15) is 38.5 Å². The van der Waals surface area contributed by atoms with E-state index in [9.17, 15) is 4.79 Å². The van der Waals surface area contributed by atoms with Gasteiger partial charge in [-0.05, 0) is 17.8 Å². The maximum atomic E-state index is 10.9. The van der Waals surface area contributed by atoms with Gasteiger partial charge in [-0.2, -0.15) is 0 Å². The lowest BCUT2D eigenvalue weighted by molar-refractivity contribution is -0.142. The third kappa shape index (κ3) is 1.65. The van der Waals surface area contributed by atoms with E-state index in [0.29, 0.717) is 11.8 Å². The molecule has 0 bridgehead atoms. The molecule has 0 spiro atoms. The topological polar surface area (TPSA) is 63.3 Å². The van der Waals surface area contributed by atoms with Crippen LogP contribution in [-0.2, 0) is 4.79 Å². The number of carboxylic acids is 1. The second-order valence-electron chi connectivity index (χ2n) is 4.82. The molecule has 0 saturated heterocycles. The Morgan fingerprint density at radius 1 is 1.14 bits per heavy atom. The normalized spacial score (nSPS) is 25.6. The Bertz CT molecular complexity index is 207. The van der Waals surface area contributed by atoms with Gasteiger partial charge in [0.1, 0.15) is 6.04 Å². The molecule has 0 aromatic rings. The van der Waals surface area contributed by atoms with Crippen LogP contribution in [0.15, 0.2) is 0 Å². The number of hydrogen-bond donors (Lipinski definition) is 2. The van der Waals surface area contributed by atoms with Gasteiger partial charge in [0.15, 0.2) is 0 Å². The highest BCUT2D eigenvalue weighted by molar-refractivity contribution is 5.73. The fourth-order valence-corrected chi connectivity index (χ4v) is 2.79. The summed E-state index contributed by atoms with van der Waals surface area (Å²) in [6, 6.07) is -0.620.